The Labute approximate surface area is 115 Å². The molecule has 0 atom stereocenters. The quantitative estimate of drug-likeness (QED) is 0.686. The maximum absolute atomic E-state index is 5.15. The fourth-order valence-electron chi connectivity index (χ4n) is 2.02. The molecular formula is C14H24N4O. The van der Waals surface area contributed by atoms with Crippen LogP contribution in [0.15, 0.2) is 12.4 Å². The summed E-state index contributed by atoms with van der Waals surface area (Å²) in [7, 11) is 1.73. The van der Waals surface area contributed by atoms with Crippen molar-refractivity contribution < 1.29 is 4.74 Å². The average Bonchev–Trinajstić information content (AvgIpc) is 3.26. The standard InChI is InChI=1S/C14H24N4O/c1-3-6-15-9-12-10-16-14(17-11-12)18(7-8-19-2)13-4-5-13/h10-11,13,15H,3-9H2,1-2H3. The molecule has 0 saturated heterocycles. The van der Waals surface area contributed by atoms with Crippen LogP contribution in [0.4, 0.5) is 5.95 Å². The number of hydrogen-bond donors (Lipinski definition) is 1. The summed E-state index contributed by atoms with van der Waals surface area (Å²) in [6.07, 6.45) is 7.48. The van der Waals surface area contributed by atoms with E-state index in [0.717, 1.165) is 44.2 Å². The molecule has 0 unspecified atom stereocenters. The number of ether oxygens (including phenoxy) is 1. The lowest BCUT2D eigenvalue weighted by atomic mass is 10.3. The summed E-state index contributed by atoms with van der Waals surface area (Å²) in [4.78, 5) is 11.2. The SMILES string of the molecule is CCCNCc1cnc(N(CCOC)C2CC2)nc1. The number of anilines is 1. The Bertz CT molecular complexity index is 364. The van der Waals surface area contributed by atoms with Gasteiger partial charge in [0.05, 0.1) is 6.61 Å². The van der Waals surface area contributed by atoms with Crippen LogP contribution in [0.3, 0.4) is 0 Å². The van der Waals surface area contributed by atoms with Crippen LogP contribution < -0.4 is 10.2 Å². The molecule has 0 aromatic carbocycles. The smallest absolute Gasteiger partial charge is 0.225 e. The van der Waals surface area contributed by atoms with E-state index < -0.39 is 0 Å². The Hall–Kier alpha value is -1.20. The van der Waals surface area contributed by atoms with Crippen LogP contribution in [0, 0.1) is 0 Å². The van der Waals surface area contributed by atoms with Crippen LogP contribution in [-0.4, -0.2) is 42.8 Å². The summed E-state index contributed by atoms with van der Waals surface area (Å²) >= 11 is 0. The monoisotopic (exact) mass is 264 g/mol. The molecule has 0 spiro atoms. The van der Waals surface area contributed by atoms with Crippen molar-refractivity contribution in [2.45, 2.75) is 38.8 Å². The van der Waals surface area contributed by atoms with Gasteiger partial charge < -0.3 is 15.0 Å². The Morgan fingerprint density at radius 2 is 2.11 bits per heavy atom. The van der Waals surface area contributed by atoms with Gasteiger partial charge in [0.15, 0.2) is 0 Å². The number of methoxy groups -OCH3 is 1. The molecule has 0 radical (unpaired) electrons. The first kappa shape index (κ1) is 14.2. The van der Waals surface area contributed by atoms with Gasteiger partial charge >= 0.3 is 0 Å². The lowest BCUT2D eigenvalue weighted by Gasteiger charge is -2.21. The van der Waals surface area contributed by atoms with Crippen molar-refractivity contribution in [2.24, 2.45) is 0 Å². The highest BCUT2D eigenvalue weighted by molar-refractivity contribution is 5.34. The number of nitrogens with zero attached hydrogens (tertiary/aromatic N) is 3. The van der Waals surface area contributed by atoms with E-state index in [1.54, 1.807) is 7.11 Å². The third-order valence-electron chi connectivity index (χ3n) is 3.23. The van der Waals surface area contributed by atoms with Crippen molar-refractivity contribution in [1.82, 2.24) is 15.3 Å². The summed E-state index contributed by atoms with van der Waals surface area (Å²) in [5.74, 6) is 0.832. The third-order valence-corrected chi connectivity index (χ3v) is 3.23. The van der Waals surface area contributed by atoms with Crippen molar-refractivity contribution in [3.05, 3.63) is 18.0 Å². The molecule has 1 N–H and O–H groups in total. The lowest BCUT2D eigenvalue weighted by Crippen LogP contribution is -2.31. The molecule has 1 saturated carbocycles. The molecule has 19 heavy (non-hydrogen) atoms. The molecule has 0 aliphatic heterocycles. The normalized spacial score (nSPS) is 14.6. The molecule has 1 aromatic heterocycles. The van der Waals surface area contributed by atoms with Crippen LogP contribution in [0.2, 0.25) is 0 Å². The van der Waals surface area contributed by atoms with Gasteiger partial charge in [0, 0.05) is 44.2 Å². The van der Waals surface area contributed by atoms with E-state index >= 15 is 0 Å². The second-order valence-electron chi connectivity index (χ2n) is 4.99. The van der Waals surface area contributed by atoms with Crippen LogP contribution in [0.1, 0.15) is 31.7 Å². The maximum Gasteiger partial charge on any atom is 0.225 e. The van der Waals surface area contributed by atoms with Crippen molar-refractivity contribution in [3.63, 3.8) is 0 Å². The Morgan fingerprint density at radius 3 is 2.68 bits per heavy atom. The fraction of sp³-hybridized carbons (Fsp3) is 0.714. The largest absolute Gasteiger partial charge is 0.383 e. The van der Waals surface area contributed by atoms with Gasteiger partial charge in [-0.1, -0.05) is 6.92 Å². The Morgan fingerprint density at radius 1 is 1.37 bits per heavy atom. The Kier molecular flexibility index (Phi) is 5.54. The zero-order valence-electron chi connectivity index (χ0n) is 11.9. The summed E-state index contributed by atoms with van der Waals surface area (Å²) in [5.41, 5.74) is 1.14. The van der Waals surface area contributed by atoms with Gasteiger partial charge in [-0.15, -0.1) is 0 Å². The van der Waals surface area contributed by atoms with Gasteiger partial charge in [-0.3, -0.25) is 0 Å². The summed E-state index contributed by atoms with van der Waals surface area (Å²) in [5, 5.41) is 3.36. The van der Waals surface area contributed by atoms with Crippen molar-refractivity contribution >= 4 is 5.95 Å². The van der Waals surface area contributed by atoms with E-state index in [1.807, 2.05) is 12.4 Å². The Balaban J connectivity index is 1.91. The summed E-state index contributed by atoms with van der Waals surface area (Å²) in [6, 6.07) is 0.610. The molecule has 1 heterocycles. The summed E-state index contributed by atoms with van der Waals surface area (Å²) in [6.45, 7) is 5.63. The first-order valence-corrected chi connectivity index (χ1v) is 7.12. The van der Waals surface area contributed by atoms with Crippen LogP contribution in [0.5, 0.6) is 0 Å². The molecule has 1 aliphatic rings. The van der Waals surface area contributed by atoms with E-state index in [0.29, 0.717) is 6.04 Å². The molecule has 5 nitrogen and oxygen atoms in total. The third kappa shape index (κ3) is 4.44. The topological polar surface area (TPSA) is 50.3 Å². The first-order valence-electron chi connectivity index (χ1n) is 7.12. The minimum absolute atomic E-state index is 0.610. The van der Waals surface area contributed by atoms with Crippen LogP contribution in [0.25, 0.3) is 0 Å². The number of nitrogens with one attached hydrogen (secondary N) is 1. The van der Waals surface area contributed by atoms with Crippen molar-refractivity contribution in [2.75, 3.05) is 31.7 Å². The van der Waals surface area contributed by atoms with E-state index in [4.69, 9.17) is 4.74 Å². The second kappa shape index (κ2) is 7.40. The average molecular weight is 264 g/mol. The molecule has 0 bridgehead atoms. The van der Waals surface area contributed by atoms with Gasteiger partial charge in [0.2, 0.25) is 5.95 Å². The van der Waals surface area contributed by atoms with Gasteiger partial charge in [-0.2, -0.15) is 0 Å². The molecule has 0 amide bonds. The molecular weight excluding hydrogens is 240 g/mol. The molecule has 106 valence electrons. The minimum atomic E-state index is 0.610. The predicted octanol–water partition coefficient (Wildman–Crippen LogP) is 1.59. The number of aromatic nitrogens is 2. The van der Waals surface area contributed by atoms with Gasteiger partial charge in [0.1, 0.15) is 0 Å². The molecule has 1 aromatic rings. The first-order chi connectivity index (χ1) is 9.35. The molecule has 1 fully saturated rings. The van der Waals surface area contributed by atoms with Gasteiger partial charge in [-0.05, 0) is 25.8 Å². The highest BCUT2D eigenvalue weighted by Gasteiger charge is 2.30. The zero-order valence-corrected chi connectivity index (χ0v) is 11.9. The van der Waals surface area contributed by atoms with Crippen LogP contribution in [-0.2, 0) is 11.3 Å². The maximum atomic E-state index is 5.15. The zero-order chi connectivity index (χ0) is 13.5. The lowest BCUT2D eigenvalue weighted by molar-refractivity contribution is 0.204. The van der Waals surface area contributed by atoms with E-state index in [1.165, 1.54) is 12.8 Å². The predicted molar refractivity (Wildman–Crippen MR) is 76.3 cm³/mol. The highest BCUT2D eigenvalue weighted by atomic mass is 16.5. The molecule has 1 aliphatic carbocycles. The van der Waals surface area contributed by atoms with E-state index in [9.17, 15) is 0 Å². The summed E-state index contributed by atoms with van der Waals surface area (Å²) < 4.78 is 5.15. The van der Waals surface area contributed by atoms with Crippen molar-refractivity contribution in [1.29, 1.82) is 0 Å². The van der Waals surface area contributed by atoms with Gasteiger partial charge in [0.25, 0.3) is 0 Å². The second-order valence-corrected chi connectivity index (χ2v) is 4.99. The molecule has 2 rings (SSSR count). The highest BCUT2D eigenvalue weighted by Crippen LogP contribution is 2.29. The van der Waals surface area contributed by atoms with Crippen LogP contribution >= 0.6 is 0 Å². The molecule has 5 heteroatoms. The fourth-order valence-corrected chi connectivity index (χ4v) is 2.02. The minimum Gasteiger partial charge on any atom is -0.383 e. The van der Waals surface area contributed by atoms with E-state index in [2.05, 4.69) is 27.1 Å². The van der Waals surface area contributed by atoms with E-state index in [-0.39, 0.29) is 0 Å². The number of rotatable bonds is 9. The van der Waals surface area contributed by atoms with Gasteiger partial charge in [-0.25, -0.2) is 9.97 Å². The number of hydrogen-bond acceptors (Lipinski definition) is 5. The van der Waals surface area contributed by atoms with Crippen molar-refractivity contribution in [3.8, 4) is 0 Å².